The smallest absolute Gasteiger partial charge is 0.213 e. The van der Waals surface area contributed by atoms with Gasteiger partial charge in [-0.05, 0) is 38.3 Å². The summed E-state index contributed by atoms with van der Waals surface area (Å²) in [7, 11) is 1.93. The van der Waals surface area contributed by atoms with Crippen molar-refractivity contribution >= 4 is 0 Å². The van der Waals surface area contributed by atoms with Crippen LogP contribution in [0.5, 0.6) is 5.88 Å². The topological polar surface area (TPSA) is 34.1 Å². The zero-order chi connectivity index (χ0) is 12.1. The second kappa shape index (κ2) is 6.01. The molecule has 1 fully saturated rings. The summed E-state index contributed by atoms with van der Waals surface area (Å²) in [6.45, 7) is 3.10. The molecule has 2 unspecified atom stereocenters. The minimum Gasteiger partial charge on any atom is -0.474 e. The van der Waals surface area contributed by atoms with Crippen molar-refractivity contribution in [2.45, 2.75) is 45.3 Å². The zero-order valence-electron chi connectivity index (χ0n) is 10.8. The minimum absolute atomic E-state index is 0.357. The molecule has 1 aromatic heterocycles. The van der Waals surface area contributed by atoms with Gasteiger partial charge in [0, 0.05) is 12.6 Å². The van der Waals surface area contributed by atoms with E-state index in [0.717, 1.165) is 30.5 Å². The van der Waals surface area contributed by atoms with E-state index < -0.39 is 0 Å². The fraction of sp³-hybridized carbons (Fsp3) is 0.643. The van der Waals surface area contributed by atoms with E-state index in [2.05, 4.69) is 17.2 Å². The minimum atomic E-state index is 0.357. The maximum absolute atomic E-state index is 5.97. The van der Waals surface area contributed by atoms with Crippen LogP contribution in [0.1, 0.15) is 38.3 Å². The Bertz CT molecular complexity index is 354. The van der Waals surface area contributed by atoms with Crippen molar-refractivity contribution in [1.29, 1.82) is 0 Å². The van der Waals surface area contributed by atoms with Crippen LogP contribution in [0.4, 0.5) is 0 Å². The summed E-state index contributed by atoms with van der Waals surface area (Å²) in [5.41, 5.74) is 1.04. The number of pyridine rings is 1. The molecule has 17 heavy (non-hydrogen) atoms. The van der Waals surface area contributed by atoms with Crippen molar-refractivity contribution in [3.8, 4) is 5.88 Å². The molecule has 2 rings (SSSR count). The van der Waals surface area contributed by atoms with Gasteiger partial charge >= 0.3 is 0 Å². The van der Waals surface area contributed by atoms with E-state index in [0.29, 0.717) is 6.10 Å². The third-order valence-electron chi connectivity index (χ3n) is 3.31. The number of ether oxygens (including phenoxy) is 1. The Hall–Kier alpha value is -1.09. The first-order valence-electron chi connectivity index (χ1n) is 6.55. The van der Waals surface area contributed by atoms with Crippen LogP contribution in [0.2, 0.25) is 0 Å². The van der Waals surface area contributed by atoms with E-state index in [1.54, 1.807) is 0 Å². The van der Waals surface area contributed by atoms with Crippen molar-refractivity contribution in [3.63, 3.8) is 0 Å². The van der Waals surface area contributed by atoms with Crippen LogP contribution in [0.3, 0.4) is 0 Å². The van der Waals surface area contributed by atoms with E-state index in [9.17, 15) is 0 Å². The first kappa shape index (κ1) is 12.4. The Labute approximate surface area is 104 Å². The summed E-state index contributed by atoms with van der Waals surface area (Å²) in [6, 6.07) is 5.99. The molecule has 0 aromatic carbocycles. The summed E-state index contributed by atoms with van der Waals surface area (Å²) < 4.78 is 5.97. The molecule has 1 aliphatic carbocycles. The van der Waals surface area contributed by atoms with Gasteiger partial charge in [-0.25, -0.2) is 4.98 Å². The Morgan fingerprint density at radius 1 is 1.41 bits per heavy atom. The summed E-state index contributed by atoms with van der Waals surface area (Å²) >= 11 is 0. The molecular weight excluding hydrogens is 212 g/mol. The average molecular weight is 234 g/mol. The van der Waals surface area contributed by atoms with Gasteiger partial charge in [-0.1, -0.05) is 19.4 Å². The van der Waals surface area contributed by atoms with Crippen molar-refractivity contribution in [3.05, 3.63) is 23.9 Å². The quantitative estimate of drug-likeness (QED) is 0.870. The molecular formula is C14H22N2O. The van der Waals surface area contributed by atoms with Gasteiger partial charge in [0.1, 0.15) is 6.10 Å². The molecule has 1 aromatic rings. The molecule has 0 bridgehead atoms. The molecule has 0 aliphatic heterocycles. The Morgan fingerprint density at radius 2 is 2.29 bits per heavy atom. The molecule has 3 heteroatoms. The van der Waals surface area contributed by atoms with E-state index in [4.69, 9.17) is 4.74 Å². The van der Waals surface area contributed by atoms with E-state index in [-0.39, 0.29) is 0 Å². The Morgan fingerprint density at radius 3 is 3.06 bits per heavy atom. The fourth-order valence-electron chi connectivity index (χ4n) is 2.46. The van der Waals surface area contributed by atoms with Gasteiger partial charge in [0.2, 0.25) is 5.88 Å². The van der Waals surface area contributed by atoms with Crippen LogP contribution in [0, 0.1) is 5.92 Å². The lowest BCUT2D eigenvalue weighted by Gasteiger charge is -2.27. The lowest BCUT2D eigenvalue weighted by Crippen LogP contribution is -2.24. The van der Waals surface area contributed by atoms with Gasteiger partial charge in [0.15, 0.2) is 0 Å². The first-order chi connectivity index (χ1) is 8.28. The standard InChI is InChI=1S/C14H22N2O/c1-11-5-3-7-13(9-11)17-14-8-4-6-12(16-14)10-15-2/h4,6,8,11,13,15H,3,5,7,9-10H2,1-2H3. The predicted molar refractivity (Wildman–Crippen MR) is 69.0 cm³/mol. The number of aromatic nitrogens is 1. The van der Waals surface area contributed by atoms with Crippen molar-refractivity contribution in [2.24, 2.45) is 5.92 Å². The molecule has 3 nitrogen and oxygen atoms in total. The van der Waals surface area contributed by atoms with Crippen LogP contribution in [-0.2, 0) is 6.54 Å². The number of rotatable bonds is 4. The summed E-state index contributed by atoms with van der Waals surface area (Å²) in [4.78, 5) is 4.50. The van der Waals surface area contributed by atoms with Crippen LogP contribution in [0.25, 0.3) is 0 Å². The first-order valence-corrected chi connectivity index (χ1v) is 6.55. The summed E-state index contributed by atoms with van der Waals surface area (Å²) in [6.07, 6.45) is 5.31. The highest BCUT2D eigenvalue weighted by atomic mass is 16.5. The second-order valence-electron chi connectivity index (χ2n) is 5.01. The monoisotopic (exact) mass is 234 g/mol. The third-order valence-corrected chi connectivity index (χ3v) is 3.31. The van der Waals surface area contributed by atoms with E-state index in [1.807, 2.05) is 25.2 Å². The highest BCUT2D eigenvalue weighted by Gasteiger charge is 2.20. The maximum atomic E-state index is 5.97. The third kappa shape index (κ3) is 3.70. The van der Waals surface area contributed by atoms with Crippen LogP contribution < -0.4 is 10.1 Å². The summed E-state index contributed by atoms with van der Waals surface area (Å²) in [5, 5.41) is 3.10. The van der Waals surface area contributed by atoms with Crippen LogP contribution >= 0.6 is 0 Å². The lowest BCUT2D eigenvalue weighted by atomic mass is 9.89. The SMILES string of the molecule is CNCc1cccc(OC2CCCC(C)C2)n1. The molecule has 0 radical (unpaired) electrons. The Balaban J connectivity index is 1.95. The fourth-order valence-corrected chi connectivity index (χ4v) is 2.46. The normalized spacial score (nSPS) is 24.6. The van der Waals surface area contributed by atoms with Gasteiger partial charge in [-0.15, -0.1) is 0 Å². The van der Waals surface area contributed by atoms with E-state index >= 15 is 0 Å². The van der Waals surface area contributed by atoms with Gasteiger partial charge in [0.25, 0.3) is 0 Å². The largest absolute Gasteiger partial charge is 0.474 e. The van der Waals surface area contributed by atoms with Crippen molar-refractivity contribution < 1.29 is 4.74 Å². The van der Waals surface area contributed by atoms with Gasteiger partial charge in [-0.3, -0.25) is 0 Å². The molecule has 1 N–H and O–H groups in total. The molecule has 0 spiro atoms. The summed E-state index contributed by atoms with van der Waals surface area (Å²) in [5.74, 6) is 1.56. The Kier molecular flexibility index (Phi) is 4.37. The zero-order valence-corrected chi connectivity index (χ0v) is 10.8. The predicted octanol–water partition coefficient (Wildman–Crippen LogP) is 2.76. The molecule has 1 heterocycles. The average Bonchev–Trinajstić information content (AvgIpc) is 2.30. The number of hydrogen-bond acceptors (Lipinski definition) is 3. The number of nitrogens with zero attached hydrogens (tertiary/aromatic N) is 1. The van der Waals surface area contributed by atoms with Gasteiger partial charge in [-0.2, -0.15) is 0 Å². The molecule has 2 atom stereocenters. The number of nitrogens with one attached hydrogen (secondary N) is 1. The molecule has 94 valence electrons. The second-order valence-corrected chi connectivity index (χ2v) is 5.01. The van der Waals surface area contributed by atoms with Gasteiger partial charge < -0.3 is 10.1 Å². The molecule has 0 amide bonds. The molecule has 1 saturated carbocycles. The van der Waals surface area contributed by atoms with Gasteiger partial charge in [0.05, 0.1) is 5.69 Å². The van der Waals surface area contributed by atoms with Crippen molar-refractivity contribution in [2.75, 3.05) is 7.05 Å². The van der Waals surface area contributed by atoms with Crippen molar-refractivity contribution in [1.82, 2.24) is 10.3 Å². The van der Waals surface area contributed by atoms with Crippen LogP contribution in [-0.4, -0.2) is 18.1 Å². The maximum Gasteiger partial charge on any atom is 0.213 e. The van der Waals surface area contributed by atoms with Crippen LogP contribution in [0.15, 0.2) is 18.2 Å². The molecule has 0 saturated heterocycles. The number of hydrogen-bond donors (Lipinski definition) is 1. The van der Waals surface area contributed by atoms with E-state index in [1.165, 1.54) is 19.3 Å². The molecule has 1 aliphatic rings. The highest BCUT2D eigenvalue weighted by Crippen LogP contribution is 2.26. The lowest BCUT2D eigenvalue weighted by molar-refractivity contribution is 0.123. The highest BCUT2D eigenvalue weighted by molar-refractivity contribution is 5.16.